The second-order valence-corrected chi connectivity index (χ2v) is 17.4. The number of phosphoric ester groups is 1. The van der Waals surface area contributed by atoms with Gasteiger partial charge in [0.15, 0.2) is 0 Å². The molecule has 0 aromatic heterocycles. The van der Waals surface area contributed by atoms with E-state index >= 15 is 0 Å². The fourth-order valence-corrected chi connectivity index (χ4v) is 7.32. The number of ether oxygens (including phenoxy) is 2. The van der Waals surface area contributed by atoms with Crippen molar-refractivity contribution in [1.29, 1.82) is 0 Å². The standard InChI is InChI=1S/C50H92NO7P/c1-3-5-7-9-11-13-15-17-19-20-21-22-23-24-25-26-27-28-29-31-33-35-37-39-41-43-50(52)58-49(48-57-59(53,54)56-46-44-51)47-55-45-42-40-38-36-34-32-30-18-16-14-12-10-8-6-4-2/h10,12,15-18,20-21,23-24,49H,3-9,11,13-14,19,22,25-48,51H2,1-2H3,(H,53,54)/b12-10-,17-15-,18-16-,21-20-,24-23-. The molecular weight excluding hydrogens is 758 g/mol. The molecule has 2 unspecified atom stereocenters. The second-order valence-electron chi connectivity index (χ2n) is 16.0. The van der Waals surface area contributed by atoms with Crippen LogP contribution in [0.25, 0.3) is 0 Å². The van der Waals surface area contributed by atoms with E-state index < -0.39 is 13.9 Å². The monoisotopic (exact) mass is 850 g/mol. The van der Waals surface area contributed by atoms with E-state index in [4.69, 9.17) is 24.3 Å². The summed E-state index contributed by atoms with van der Waals surface area (Å²) in [5.41, 5.74) is 5.38. The molecule has 0 spiro atoms. The van der Waals surface area contributed by atoms with Gasteiger partial charge in [0, 0.05) is 19.6 Å². The molecule has 3 N–H and O–H groups in total. The van der Waals surface area contributed by atoms with Gasteiger partial charge in [-0.2, -0.15) is 0 Å². The van der Waals surface area contributed by atoms with Crippen LogP contribution in [0, 0.1) is 0 Å². The predicted molar refractivity (Wildman–Crippen MR) is 252 cm³/mol. The number of unbranched alkanes of at least 4 members (excludes halogenated alkanes) is 23. The highest BCUT2D eigenvalue weighted by molar-refractivity contribution is 7.47. The molecule has 0 heterocycles. The Kier molecular flexibility index (Phi) is 45.8. The van der Waals surface area contributed by atoms with Crippen LogP contribution in [0.15, 0.2) is 60.8 Å². The van der Waals surface area contributed by atoms with Crippen molar-refractivity contribution in [3.05, 3.63) is 60.8 Å². The Labute approximate surface area is 363 Å². The van der Waals surface area contributed by atoms with E-state index in [9.17, 15) is 14.3 Å². The van der Waals surface area contributed by atoms with Crippen LogP contribution in [0.4, 0.5) is 0 Å². The smallest absolute Gasteiger partial charge is 0.457 e. The second kappa shape index (κ2) is 47.3. The van der Waals surface area contributed by atoms with Gasteiger partial charge in [0.1, 0.15) is 6.10 Å². The zero-order chi connectivity index (χ0) is 43.0. The van der Waals surface area contributed by atoms with Crippen molar-refractivity contribution < 1.29 is 32.8 Å². The summed E-state index contributed by atoms with van der Waals surface area (Å²) in [6, 6.07) is 0. The van der Waals surface area contributed by atoms with Crippen LogP contribution in [0.5, 0.6) is 0 Å². The number of carbonyl (C=O) groups excluding carboxylic acids is 1. The normalized spacial score (nSPS) is 13.9. The Balaban J connectivity index is 3.97. The molecule has 0 rings (SSSR count). The lowest BCUT2D eigenvalue weighted by molar-refractivity contribution is -0.154. The van der Waals surface area contributed by atoms with Crippen LogP contribution >= 0.6 is 7.82 Å². The van der Waals surface area contributed by atoms with Crippen molar-refractivity contribution in [2.24, 2.45) is 5.73 Å². The van der Waals surface area contributed by atoms with Gasteiger partial charge in [-0.25, -0.2) is 4.57 Å². The molecule has 0 bridgehead atoms. The zero-order valence-corrected chi connectivity index (χ0v) is 39.1. The highest BCUT2D eigenvalue weighted by Crippen LogP contribution is 2.43. The highest BCUT2D eigenvalue weighted by atomic mass is 31.2. The molecule has 0 saturated heterocycles. The number of hydrogen-bond donors (Lipinski definition) is 2. The summed E-state index contributed by atoms with van der Waals surface area (Å²) < 4.78 is 33.5. The van der Waals surface area contributed by atoms with Crippen LogP contribution in [0.1, 0.15) is 213 Å². The van der Waals surface area contributed by atoms with E-state index in [1.807, 2.05) is 0 Å². The van der Waals surface area contributed by atoms with Gasteiger partial charge in [-0.05, 0) is 77.0 Å². The summed E-state index contributed by atoms with van der Waals surface area (Å²) in [4.78, 5) is 22.6. The topological polar surface area (TPSA) is 117 Å². The summed E-state index contributed by atoms with van der Waals surface area (Å²) in [5, 5.41) is 0. The maximum absolute atomic E-state index is 12.6. The van der Waals surface area contributed by atoms with Gasteiger partial charge < -0.3 is 20.1 Å². The number of esters is 1. The molecule has 0 aliphatic carbocycles. The predicted octanol–water partition coefficient (Wildman–Crippen LogP) is 14.9. The maximum Gasteiger partial charge on any atom is 0.472 e. The van der Waals surface area contributed by atoms with Gasteiger partial charge >= 0.3 is 13.8 Å². The fraction of sp³-hybridized carbons (Fsp3) is 0.780. The SMILES string of the molecule is CCCC/C=C\C/C=C\CCCCCCCCOCC(COP(=O)(O)OCCN)OC(=O)CCCCCCCCCCCC/C=C\C/C=C\C/C=C\CCCCCCC. The number of nitrogens with two attached hydrogens (primary N) is 1. The molecule has 0 saturated carbocycles. The third-order valence-corrected chi connectivity index (χ3v) is 11.1. The molecule has 59 heavy (non-hydrogen) atoms. The van der Waals surface area contributed by atoms with Crippen LogP contribution in [-0.2, 0) is 27.9 Å². The lowest BCUT2D eigenvalue weighted by atomic mass is 10.0. The number of allylic oxidation sites excluding steroid dienone is 10. The van der Waals surface area contributed by atoms with E-state index in [1.165, 1.54) is 128 Å². The Hall–Kier alpha value is -1.80. The molecule has 0 radical (unpaired) electrons. The number of rotatable bonds is 46. The minimum Gasteiger partial charge on any atom is -0.457 e. The summed E-state index contributed by atoms with van der Waals surface area (Å²) in [6.07, 6.45) is 58.2. The highest BCUT2D eigenvalue weighted by Gasteiger charge is 2.25. The summed E-state index contributed by atoms with van der Waals surface area (Å²) >= 11 is 0. The molecule has 2 atom stereocenters. The van der Waals surface area contributed by atoms with Crippen LogP contribution in [-0.4, -0.2) is 49.9 Å². The molecular formula is C50H92NO7P. The van der Waals surface area contributed by atoms with Gasteiger partial charge in [0.05, 0.1) is 19.8 Å². The quantitative estimate of drug-likeness (QED) is 0.0269. The van der Waals surface area contributed by atoms with E-state index in [-0.39, 0.29) is 32.3 Å². The number of hydrogen-bond acceptors (Lipinski definition) is 7. The van der Waals surface area contributed by atoms with Crippen molar-refractivity contribution in [3.63, 3.8) is 0 Å². The first kappa shape index (κ1) is 57.2. The lowest BCUT2D eigenvalue weighted by Gasteiger charge is -2.20. The van der Waals surface area contributed by atoms with Crippen molar-refractivity contribution in [2.45, 2.75) is 219 Å². The summed E-state index contributed by atoms with van der Waals surface area (Å²) in [6.45, 7) is 4.85. The molecule has 9 heteroatoms. The van der Waals surface area contributed by atoms with Gasteiger partial charge in [-0.15, -0.1) is 0 Å². The fourth-order valence-electron chi connectivity index (χ4n) is 6.55. The van der Waals surface area contributed by atoms with E-state index in [0.29, 0.717) is 13.0 Å². The number of phosphoric acid groups is 1. The molecule has 8 nitrogen and oxygen atoms in total. The van der Waals surface area contributed by atoms with Gasteiger partial charge in [-0.1, -0.05) is 190 Å². The Morgan fingerprint density at radius 3 is 1.39 bits per heavy atom. The van der Waals surface area contributed by atoms with Crippen molar-refractivity contribution >= 4 is 13.8 Å². The number of carbonyl (C=O) groups is 1. The van der Waals surface area contributed by atoms with Crippen LogP contribution < -0.4 is 5.73 Å². The largest absolute Gasteiger partial charge is 0.472 e. The van der Waals surface area contributed by atoms with Crippen molar-refractivity contribution in [1.82, 2.24) is 0 Å². The van der Waals surface area contributed by atoms with E-state index in [1.54, 1.807) is 0 Å². The maximum atomic E-state index is 12.6. The average molecular weight is 850 g/mol. The van der Waals surface area contributed by atoms with Gasteiger partial charge in [-0.3, -0.25) is 13.8 Å². The molecule has 0 aromatic carbocycles. The minimum absolute atomic E-state index is 0.0956. The summed E-state index contributed by atoms with van der Waals surface area (Å²) in [7, 11) is -4.29. The zero-order valence-electron chi connectivity index (χ0n) is 38.2. The molecule has 0 aliphatic heterocycles. The molecule has 0 fully saturated rings. The van der Waals surface area contributed by atoms with E-state index in [0.717, 1.165) is 64.2 Å². The first-order valence-electron chi connectivity index (χ1n) is 24.3. The van der Waals surface area contributed by atoms with Gasteiger partial charge in [0.25, 0.3) is 0 Å². The molecule has 344 valence electrons. The van der Waals surface area contributed by atoms with Crippen LogP contribution in [0.2, 0.25) is 0 Å². The van der Waals surface area contributed by atoms with Crippen molar-refractivity contribution in [3.8, 4) is 0 Å². The Morgan fingerprint density at radius 2 is 0.915 bits per heavy atom. The third-order valence-electron chi connectivity index (χ3n) is 10.2. The minimum atomic E-state index is -4.29. The van der Waals surface area contributed by atoms with E-state index in [2.05, 4.69) is 74.6 Å². The molecule has 0 aliphatic rings. The summed E-state index contributed by atoms with van der Waals surface area (Å²) in [5.74, 6) is -0.339. The first-order valence-corrected chi connectivity index (χ1v) is 25.8. The first-order chi connectivity index (χ1) is 28.9. The lowest BCUT2D eigenvalue weighted by Crippen LogP contribution is -2.28. The Morgan fingerprint density at radius 1 is 0.508 bits per heavy atom. The van der Waals surface area contributed by atoms with Crippen LogP contribution in [0.3, 0.4) is 0 Å². The third kappa shape index (κ3) is 47.1. The molecule has 0 aromatic rings. The Bertz CT molecular complexity index is 1090. The average Bonchev–Trinajstić information content (AvgIpc) is 3.23. The molecule has 0 amide bonds. The van der Waals surface area contributed by atoms with Crippen molar-refractivity contribution in [2.75, 3.05) is 33.0 Å². The van der Waals surface area contributed by atoms with Gasteiger partial charge in [0.2, 0.25) is 0 Å².